The fourth-order valence-electron chi connectivity index (χ4n) is 6.76. The number of aromatic nitrogens is 2. The molecule has 198 valence electrons. The van der Waals surface area contributed by atoms with Gasteiger partial charge in [-0.1, -0.05) is 72.8 Å². The summed E-state index contributed by atoms with van der Waals surface area (Å²) in [6, 6.07) is 43.2. The van der Waals surface area contributed by atoms with E-state index >= 15 is 0 Å². The molecule has 43 heavy (non-hydrogen) atoms. The minimum atomic E-state index is 0.577. The van der Waals surface area contributed by atoms with E-state index < -0.39 is 0 Å². The van der Waals surface area contributed by atoms with E-state index in [2.05, 4.69) is 74.6 Å². The zero-order valence-corrected chi connectivity index (χ0v) is 22.7. The van der Waals surface area contributed by atoms with Gasteiger partial charge in [-0.25, -0.2) is 4.85 Å². The van der Waals surface area contributed by atoms with E-state index in [0.717, 1.165) is 76.9 Å². The lowest BCUT2D eigenvalue weighted by Crippen LogP contribution is -1.97. The molecule has 0 bridgehead atoms. The van der Waals surface area contributed by atoms with E-state index in [1.807, 2.05) is 66.7 Å². The van der Waals surface area contributed by atoms with Crippen LogP contribution in [0.4, 0.5) is 5.69 Å². The summed E-state index contributed by atoms with van der Waals surface area (Å²) < 4.78 is 10.9. The fraction of sp³-hybridized carbons (Fsp3) is 0. The zero-order chi connectivity index (χ0) is 28.7. The van der Waals surface area contributed by atoms with Crippen molar-refractivity contribution in [1.29, 1.82) is 5.26 Å². The Kier molecular flexibility index (Phi) is 4.68. The number of benzene rings is 6. The van der Waals surface area contributed by atoms with Gasteiger partial charge in [-0.2, -0.15) is 5.26 Å². The second kappa shape index (κ2) is 8.60. The molecule has 0 fully saturated rings. The van der Waals surface area contributed by atoms with Gasteiger partial charge in [0.15, 0.2) is 5.58 Å². The Hall–Kier alpha value is -6.30. The molecule has 5 nitrogen and oxygen atoms in total. The van der Waals surface area contributed by atoms with E-state index in [4.69, 9.17) is 11.0 Å². The molecule has 0 radical (unpaired) electrons. The predicted octanol–water partition coefficient (Wildman–Crippen LogP) is 10.2. The van der Waals surface area contributed by atoms with Crippen LogP contribution in [0.2, 0.25) is 0 Å². The van der Waals surface area contributed by atoms with E-state index in [9.17, 15) is 5.26 Å². The van der Waals surface area contributed by atoms with Gasteiger partial charge in [-0.05, 0) is 53.9 Å². The maximum absolute atomic E-state index is 10.00. The molecule has 0 N–H and O–H groups in total. The third kappa shape index (κ3) is 3.14. The lowest BCUT2D eigenvalue weighted by atomic mass is 10.1. The summed E-state index contributed by atoms with van der Waals surface area (Å²) in [7, 11) is 0. The quantitative estimate of drug-likeness (QED) is 0.202. The number of fused-ring (bicyclic) bond motifs is 9. The molecule has 6 aromatic carbocycles. The van der Waals surface area contributed by atoms with Gasteiger partial charge in [0.05, 0.1) is 46.0 Å². The first kappa shape index (κ1) is 23.4. The van der Waals surface area contributed by atoms with Crippen LogP contribution >= 0.6 is 0 Å². The minimum absolute atomic E-state index is 0.577. The number of rotatable bonds is 2. The molecule has 0 aliphatic rings. The molecule has 5 heteroatoms. The lowest BCUT2D eigenvalue weighted by Gasteiger charge is -2.11. The normalized spacial score (nSPS) is 11.7. The highest BCUT2D eigenvalue weighted by Gasteiger charge is 2.21. The summed E-state index contributed by atoms with van der Waals surface area (Å²) in [4.78, 5) is 3.89. The topological polar surface area (TPSA) is 51.1 Å². The molecular formula is C38H20N4O. The van der Waals surface area contributed by atoms with Gasteiger partial charge in [-0.15, -0.1) is 0 Å². The van der Waals surface area contributed by atoms with Crippen molar-refractivity contribution >= 4 is 71.2 Å². The monoisotopic (exact) mass is 548 g/mol. The number of nitrogens with zero attached hydrogens (tertiary/aromatic N) is 4. The van der Waals surface area contributed by atoms with Crippen LogP contribution in [-0.2, 0) is 0 Å². The molecule has 0 unspecified atom stereocenters. The largest absolute Gasteiger partial charge is 0.454 e. The Bertz CT molecular complexity index is 2710. The fourth-order valence-corrected chi connectivity index (χ4v) is 6.76. The minimum Gasteiger partial charge on any atom is -0.454 e. The van der Waals surface area contributed by atoms with Gasteiger partial charge in [0.25, 0.3) is 0 Å². The highest BCUT2D eigenvalue weighted by atomic mass is 16.3. The van der Waals surface area contributed by atoms with Gasteiger partial charge >= 0.3 is 0 Å². The number of nitriles is 1. The summed E-state index contributed by atoms with van der Waals surface area (Å²) in [5.74, 6) is 0. The van der Waals surface area contributed by atoms with Crippen molar-refractivity contribution in [2.45, 2.75) is 0 Å². The first-order valence-corrected chi connectivity index (χ1v) is 14.0. The molecule has 0 aliphatic carbocycles. The highest BCUT2D eigenvalue weighted by molar-refractivity contribution is 6.15. The summed E-state index contributed by atoms with van der Waals surface area (Å²) >= 11 is 0. The van der Waals surface area contributed by atoms with Gasteiger partial charge in [0.2, 0.25) is 5.69 Å². The average molecular weight is 549 g/mol. The Labute approximate surface area is 245 Å². The second-order valence-electron chi connectivity index (χ2n) is 10.8. The molecule has 0 saturated heterocycles. The number of hydrogen-bond donors (Lipinski definition) is 0. The molecule has 0 atom stereocenters. The van der Waals surface area contributed by atoms with Crippen molar-refractivity contribution in [2.24, 2.45) is 0 Å². The Morgan fingerprint density at radius 1 is 0.605 bits per heavy atom. The van der Waals surface area contributed by atoms with Crippen LogP contribution in [0, 0.1) is 17.9 Å². The van der Waals surface area contributed by atoms with Crippen LogP contribution in [0.25, 0.3) is 81.8 Å². The maximum Gasteiger partial charge on any atom is 0.211 e. The van der Waals surface area contributed by atoms with Gasteiger partial charge < -0.3 is 13.6 Å². The Balaban J connectivity index is 1.40. The maximum atomic E-state index is 10.00. The van der Waals surface area contributed by atoms with Gasteiger partial charge in [-0.3, -0.25) is 0 Å². The van der Waals surface area contributed by atoms with Crippen LogP contribution in [0.1, 0.15) is 5.56 Å². The standard InChI is InChI=1S/C38H20N4O/c1-40-31-13-8-12-28-25-9-2-5-14-32(25)41(37(28)31)24-17-18-34-29(21-24)26-10-3-6-15-33(26)42(34)35-20-23(22-39)19-30-27-11-4-7-16-36(27)43-38(30)35/h2-21H. The Morgan fingerprint density at radius 2 is 1.28 bits per heavy atom. The molecular weight excluding hydrogens is 528 g/mol. The van der Waals surface area contributed by atoms with E-state index in [1.165, 1.54) is 0 Å². The van der Waals surface area contributed by atoms with Crippen molar-refractivity contribution in [3.8, 4) is 17.4 Å². The van der Waals surface area contributed by atoms with Crippen LogP contribution in [0.15, 0.2) is 126 Å². The average Bonchev–Trinajstić information content (AvgIpc) is 3.72. The van der Waals surface area contributed by atoms with Crippen LogP contribution in [-0.4, -0.2) is 9.13 Å². The van der Waals surface area contributed by atoms with Crippen molar-refractivity contribution < 1.29 is 4.42 Å². The van der Waals surface area contributed by atoms with Gasteiger partial charge in [0, 0.05) is 32.6 Å². The number of para-hydroxylation sites is 4. The van der Waals surface area contributed by atoms with Crippen molar-refractivity contribution in [2.75, 3.05) is 0 Å². The van der Waals surface area contributed by atoms with Gasteiger partial charge in [0.1, 0.15) is 5.58 Å². The summed E-state index contributed by atoms with van der Waals surface area (Å²) in [5.41, 5.74) is 8.55. The second-order valence-corrected chi connectivity index (χ2v) is 10.8. The molecule has 0 aliphatic heterocycles. The van der Waals surface area contributed by atoms with Crippen LogP contribution in [0.5, 0.6) is 0 Å². The smallest absolute Gasteiger partial charge is 0.211 e. The first-order chi connectivity index (χ1) is 21.2. The zero-order valence-electron chi connectivity index (χ0n) is 22.7. The molecule has 3 heterocycles. The molecule has 9 rings (SSSR count). The van der Waals surface area contributed by atoms with Crippen LogP contribution in [0.3, 0.4) is 0 Å². The number of hydrogen-bond acceptors (Lipinski definition) is 2. The lowest BCUT2D eigenvalue weighted by molar-refractivity contribution is 0.666. The highest BCUT2D eigenvalue weighted by Crippen LogP contribution is 2.41. The van der Waals surface area contributed by atoms with E-state index in [0.29, 0.717) is 11.3 Å². The van der Waals surface area contributed by atoms with Crippen LogP contribution < -0.4 is 0 Å². The van der Waals surface area contributed by atoms with Crippen molar-refractivity contribution in [1.82, 2.24) is 9.13 Å². The number of furan rings is 1. The molecule has 0 spiro atoms. The molecule has 9 aromatic rings. The third-order valence-electron chi connectivity index (χ3n) is 8.54. The molecule has 0 saturated carbocycles. The predicted molar refractivity (Wildman–Crippen MR) is 173 cm³/mol. The summed E-state index contributed by atoms with van der Waals surface area (Å²) in [5, 5.41) is 16.3. The molecule has 0 amide bonds. The molecule has 3 aromatic heterocycles. The summed E-state index contributed by atoms with van der Waals surface area (Å²) in [6.07, 6.45) is 0. The Morgan fingerprint density at radius 3 is 2.07 bits per heavy atom. The summed E-state index contributed by atoms with van der Waals surface area (Å²) in [6.45, 7) is 7.91. The van der Waals surface area contributed by atoms with Crippen molar-refractivity contribution in [3.05, 3.63) is 138 Å². The van der Waals surface area contributed by atoms with E-state index in [-0.39, 0.29) is 0 Å². The first-order valence-electron chi connectivity index (χ1n) is 14.0. The SMILES string of the molecule is [C-]#[N+]c1cccc2c3ccccc3n(-c3ccc4c(c3)c3ccccc3n4-c3cc(C#N)cc4c3oc3ccccc34)c12. The third-order valence-corrected chi connectivity index (χ3v) is 8.54. The van der Waals surface area contributed by atoms with E-state index in [1.54, 1.807) is 0 Å². The van der Waals surface area contributed by atoms with Crippen molar-refractivity contribution in [3.63, 3.8) is 0 Å².